The summed E-state index contributed by atoms with van der Waals surface area (Å²) >= 11 is 0. The highest BCUT2D eigenvalue weighted by molar-refractivity contribution is 5.83. The summed E-state index contributed by atoms with van der Waals surface area (Å²) in [5.41, 5.74) is 8.63. The molecule has 8 bridgehead atoms. The second-order valence-electron chi connectivity index (χ2n) is 25.4. The number of phenols is 2. The summed E-state index contributed by atoms with van der Waals surface area (Å²) in [6.07, 6.45) is 4.51. The number of carbonyl (C=O) groups excluding carboxylic acids is 4. The first-order chi connectivity index (χ1) is 35.6. The molecule has 7 rings (SSSR count). The first kappa shape index (κ1) is 57.6. The van der Waals surface area contributed by atoms with E-state index in [2.05, 4.69) is 164 Å². The zero-order valence-corrected chi connectivity index (χ0v) is 47.4. The predicted octanol–water partition coefficient (Wildman–Crippen LogP) is 7.69. The molecule has 412 valence electrons. The molecule has 8 N–H and O–H groups in total. The van der Waals surface area contributed by atoms with Crippen LogP contribution in [0.1, 0.15) is 176 Å². The summed E-state index contributed by atoms with van der Waals surface area (Å²) in [6.45, 7) is 27.9. The van der Waals surface area contributed by atoms with Gasteiger partial charge >= 0.3 is 0 Å². The van der Waals surface area contributed by atoms with Crippen molar-refractivity contribution in [2.75, 3.05) is 52.5 Å². The molecule has 3 aliphatic rings. The molecule has 4 aromatic rings. The fourth-order valence-corrected chi connectivity index (χ4v) is 10.2. The number of fused-ring (bicyclic) bond motifs is 8. The lowest BCUT2D eigenvalue weighted by atomic mass is 9.79. The number of amides is 4. The number of ether oxygens (including phenoxy) is 2. The van der Waals surface area contributed by atoms with Crippen LogP contribution >= 0.6 is 0 Å². The summed E-state index contributed by atoms with van der Waals surface area (Å²) in [7, 11) is 0. The van der Waals surface area contributed by atoms with E-state index in [1.54, 1.807) is 0 Å². The van der Waals surface area contributed by atoms with E-state index in [0.717, 1.165) is 83.3 Å². The molecule has 0 spiro atoms. The molecule has 0 aromatic heterocycles. The maximum Gasteiger partial charge on any atom is 0.258 e. The van der Waals surface area contributed by atoms with Crippen molar-refractivity contribution in [3.63, 3.8) is 0 Å². The first-order valence-corrected chi connectivity index (χ1v) is 27.5. The van der Waals surface area contributed by atoms with E-state index in [4.69, 9.17) is 9.47 Å². The molecule has 2 aliphatic heterocycles. The molecule has 4 amide bonds. The van der Waals surface area contributed by atoms with Gasteiger partial charge in [0.15, 0.2) is 13.2 Å². The third kappa shape index (κ3) is 14.7. The van der Waals surface area contributed by atoms with Crippen molar-refractivity contribution in [2.45, 2.75) is 168 Å². The highest BCUT2D eigenvalue weighted by Crippen LogP contribution is 2.44. The van der Waals surface area contributed by atoms with Gasteiger partial charge < -0.3 is 51.6 Å². The van der Waals surface area contributed by atoms with Crippen molar-refractivity contribution in [1.82, 2.24) is 31.9 Å². The molecule has 14 nitrogen and oxygen atoms in total. The lowest BCUT2D eigenvalue weighted by molar-refractivity contribution is -0.124. The molecule has 1 aliphatic carbocycles. The minimum absolute atomic E-state index is 0.0740. The third-order valence-electron chi connectivity index (χ3n) is 15.0. The van der Waals surface area contributed by atoms with E-state index in [-0.39, 0.29) is 134 Å². The lowest BCUT2D eigenvalue weighted by Crippen LogP contribution is -2.43. The third-order valence-corrected chi connectivity index (χ3v) is 15.0. The van der Waals surface area contributed by atoms with Crippen LogP contribution in [0.15, 0.2) is 48.5 Å². The molecule has 0 saturated carbocycles. The zero-order valence-electron chi connectivity index (χ0n) is 47.4. The smallest absolute Gasteiger partial charge is 0.258 e. The van der Waals surface area contributed by atoms with Gasteiger partial charge in [0, 0.05) is 51.9 Å². The Kier molecular flexibility index (Phi) is 17.9. The molecule has 2 fully saturated rings. The van der Waals surface area contributed by atoms with Crippen LogP contribution in [0.4, 0.5) is 0 Å². The van der Waals surface area contributed by atoms with Crippen LogP contribution in [-0.4, -0.2) is 98.4 Å². The average molecular weight is 1040 g/mol. The standard InChI is InChI=1S/C62H86N6O8/c1-59(2,3)45-27-37-23-41-31-47(61(7,8)9)33-43(55(41)75-35-51(69)65-19-21-67-57(73)49-15-13-17-63-49)25-39-29-46(60(4,5)6)30-40(54(39)72)26-44-34-48(62(10,11)12)32-42(24-38(28-45)53(37)71)56(44)76-36-52(70)66-20-22-68-58(74)50-16-14-18-64-50/h27-34,49-50,63-64,71-72H,13-26,35-36H2,1-12H3,(H,65,69)(H,66,70)(H,67,73)(H,68,74)/t49-,50-/m0/s1. The van der Waals surface area contributed by atoms with E-state index in [1.807, 2.05) is 0 Å². The minimum Gasteiger partial charge on any atom is -0.507 e. The van der Waals surface area contributed by atoms with Gasteiger partial charge in [-0.2, -0.15) is 0 Å². The number of nitrogens with one attached hydrogen (secondary N) is 6. The molecule has 2 atom stereocenters. The maximum absolute atomic E-state index is 13.6. The second kappa shape index (κ2) is 23.6. The van der Waals surface area contributed by atoms with Crippen molar-refractivity contribution < 1.29 is 38.9 Å². The van der Waals surface area contributed by atoms with Crippen molar-refractivity contribution in [3.8, 4) is 23.0 Å². The van der Waals surface area contributed by atoms with Crippen LogP contribution in [0, 0.1) is 0 Å². The number of aromatic hydroxyl groups is 2. The monoisotopic (exact) mass is 1040 g/mol. The Balaban J connectivity index is 1.33. The molecule has 0 unspecified atom stereocenters. The van der Waals surface area contributed by atoms with Gasteiger partial charge in [0.2, 0.25) is 11.8 Å². The molecule has 76 heavy (non-hydrogen) atoms. The number of hydrogen-bond donors (Lipinski definition) is 8. The van der Waals surface area contributed by atoms with Crippen LogP contribution in [0.25, 0.3) is 0 Å². The van der Waals surface area contributed by atoms with Gasteiger partial charge in [-0.25, -0.2) is 0 Å². The van der Waals surface area contributed by atoms with Crippen LogP contribution in [-0.2, 0) is 66.5 Å². The van der Waals surface area contributed by atoms with Gasteiger partial charge in [-0.15, -0.1) is 0 Å². The Labute approximate surface area is 451 Å². The van der Waals surface area contributed by atoms with E-state index >= 15 is 0 Å². The van der Waals surface area contributed by atoms with Crippen LogP contribution in [0.5, 0.6) is 23.0 Å². The Morgan fingerprint density at radius 3 is 0.961 bits per heavy atom. The topological polar surface area (TPSA) is 199 Å². The molecule has 2 saturated heterocycles. The van der Waals surface area contributed by atoms with Crippen LogP contribution in [0.3, 0.4) is 0 Å². The summed E-state index contributed by atoms with van der Waals surface area (Å²) in [6, 6.07) is 16.3. The Bertz CT molecular complexity index is 2490. The molecular weight excluding hydrogens is 957 g/mol. The van der Waals surface area contributed by atoms with Crippen LogP contribution < -0.4 is 41.4 Å². The van der Waals surface area contributed by atoms with Gasteiger partial charge in [-0.05, 0) is 127 Å². The molecule has 4 aromatic carbocycles. The fourth-order valence-electron chi connectivity index (χ4n) is 10.2. The second-order valence-corrected chi connectivity index (χ2v) is 25.4. The van der Waals surface area contributed by atoms with E-state index in [0.29, 0.717) is 33.8 Å². The first-order valence-electron chi connectivity index (χ1n) is 27.5. The van der Waals surface area contributed by atoms with Crippen LogP contribution in [0.2, 0.25) is 0 Å². The SMILES string of the molecule is CC(C)(C)c1cc2c(O)c(c1)Cc1cc(C(C)(C)C)cc(c1OCC(=O)NCCNC(=O)[C@@H]1CCCN1)Cc1cc(C(C)(C)C)cc(c1O)Cc1cc(C(C)(C)C)cc(c1OCC(=O)NCCNC(=O)[C@@H]1CCCN1)C2. The largest absolute Gasteiger partial charge is 0.507 e. The van der Waals surface area contributed by atoms with Crippen molar-refractivity contribution >= 4 is 23.6 Å². The van der Waals surface area contributed by atoms with Crippen molar-refractivity contribution in [1.29, 1.82) is 0 Å². The maximum atomic E-state index is 13.6. The van der Waals surface area contributed by atoms with Gasteiger partial charge in [-0.1, -0.05) is 132 Å². The lowest BCUT2D eigenvalue weighted by Gasteiger charge is -2.28. The zero-order chi connectivity index (χ0) is 55.3. The molecule has 14 heteroatoms. The number of hydrogen-bond acceptors (Lipinski definition) is 10. The highest BCUT2D eigenvalue weighted by Gasteiger charge is 2.30. The number of carbonyl (C=O) groups is 4. The van der Waals surface area contributed by atoms with Gasteiger partial charge in [0.1, 0.15) is 23.0 Å². The van der Waals surface area contributed by atoms with Crippen molar-refractivity contribution in [3.05, 3.63) is 115 Å². The molecule has 2 heterocycles. The predicted molar refractivity (Wildman–Crippen MR) is 300 cm³/mol. The summed E-state index contributed by atoms with van der Waals surface area (Å²) in [5.74, 6) is 0.410. The summed E-state index contributed by atoms with van der Waals surface area (Å²) in [5, 5.41) is 43.4. The van der Waals surface area contributed by atoms with E-state index in [9.17, 15) is 29.4 Å². The Morgan fingerprint density at radius 1 is 0.447 bits per heavy atom. The van der Waals surface area contributed by atoms with Gasteiger partial charge in [0.05, 0.1) is 12.1 Å². The summed E-state index contributed by atoms with van der Waals surface area (Å²) < 4.78 is 13.4. The number of benzene rings is 4. The minimum atomic E-state index is -0.348. The quantitative estimate of drug-likeness (QED) is 0.0511. The van der Waals surface area contributed by atoms with E-state index in [1.165, 1.54) is 0 Å². The normalized spacial score (nSPS) is 16.9. The Hall–Kier alpha value is -6.12. The average Bonchev–Trinajstić information content (AvgIpc) is 4.09. The summed E-state index contributed by atoms with van der Waals surface area (Å²) in [4.78, 5) is 52.5. The van der Waals surface area contributed by atoms with Gasteiger partial charge in [-0.3, -0.25) is 19.2 Å². The number of phenolic OH excluding ortho intramolecular Hbond substituents is 2. The van der Waals surface area contributed by atoms with Crippen molar-refractivity contribution in [2.24, 2.45) is 0 Å². The van der Waals surface area contributed by atoms with E-state index < -0.39 is 0 Å². The fraction of sp³-hybridized carbons (Fsp3) is 0.548. The molecular formula is C62H86N6O8. The Morgan fingerprint density at radius 2 is 0.711 bits per heavy atom. The highest BCUT2D eigenvalue weighted by atomic mass is 16.5. The number of rotatable bonds is 14. The van der Waals surface area contributed by atoms with Gasteiger partial charge in [0.25, 0.3) is 11.8 Å². The molecule has 0 radical (unpaired) electrons.